The molecule has 0 aliphatic carbocycles. The molecular formula is C62H118O14. The molecule has 0 saturated carbocycles. The van der Waals surface area contributed by atoms with Crippen LogP contribution in [0.15, 0.2) is 12.2 Å². The molecule has 0 aromatic carbocycles. The van der Waals surface area contributed by atoms with Crippen molar-refractivity contribution in [3.05, 3.63) is 12.2 Å². The predicted octanol–water partition coefficient (Wildman–Crippen LogP) is 12.1. The first-order chi connectivity index (χ1) is 37.1. The van der Waals surface area contributed by atoms with Crippen LogP contribution in [0.3, 0.4) is 0 Å². The van der Waals surface area contributed by atoms with E-state index in [1.165, 1.54) is 212 Å². The van der Waals surface area contributed by atoms with Crippen molar-refractivity contribution in [2.24, 2.45) is 0 Å². The molecule has 2 rings (SSSR count). The molecular weight excluding hydrogens is 969 g/mol. The molecule has 2 aliphatic heterocycles. The van der Waals surface area contributed by atoms with Gasteiger partial charge in [0.15, 0.2) is 12.6 Å². The molecule has 14 nitrogen and oxygen atoms in total. The van der Waals surface area contributed by atoms with Gasteiger partial charge in [-0.15, -0.1) is 0 Å². The summed E-state index contributed by atoms with van der Waals surface area (Å²) in [5.74, 6) is -0.369. The Hall–Kier alpha value is -1.27. The van der Waals surface area contributed by atoms with Gasteiger partial charge in [-0.3, -0.25) is 4.79 Å². The number of unbranched alkanes of at least 4 members (excludes halogenated alkanes) is 37. The van der Waals surface area contributed by atoms with Crippen molar-refractivity contribution in [2.75, 3.05) is 33.0 Å². The van der Waals surface area contributed by atoms with E-state index >= 15 is 0 Å². The monoisotopic (exact) mass is 1090 g/mol. The second-order valence-corrected chi connectivity index (χ2v) is 22.6. The van der Waals surface area contributed by atoms with Crippen molar-refractivity contribution in [3.63, 3.8) is 0 Å². The lowest BCUT2D eigenvalue weighted by atomic mass is 9.98. The number of rotatable bonds is 53. The van der Waals surface area contributed by atoms with Crippen LogP contribution in [0.2, 0.25) is 0 Å². The third kappa shape index (κ3) is 35.5. The van der Waals surface area contributed by atoms with Crippen LogP contribution in [-0.2, 0) is 33.2 Å². The van der Waals surface area contributed by atoms with E-state index in [4.69, 9.17) is 28.4 Å². The summed E-state index contributed by atoms with van der Waals surface area (Å²) in [5.41, 5.74) is 0. The smallest absolute Gasteiger partial charge is 0.306 e. The average Bonchev–Trinajstić information content (AvgIpc) is 3.42. The van der Waals surface area contributed by atoms with Crippen LogP contribution in [0.5, 0.6) is 0 Å². The van der Waals surface area contributed by atoms with Gasteiger partial charge in [-0.2, -0.15) is 0 Å². The molecule has 14 heteroatoms. The SMILES string of the molecule is CCCCCCCCCC/C=C\CCCCCCCCCCCCCC(=O)OC(COCCCCCCCCCCCCCCCCCCCCC)COC1OC(COC2OC(CO)C(O)C(O)C2O)C(O)C(O)C1O. The van der Waals surface area contributed by atoms with Crippen LogP contribution in [0, 0.1) is 0 Å². The van der Waals surface area contributed by atoms with Crippen LogP contribution in [0.1, 0.15) is 277 Å². The molecule has 2 fully saturated rings. The van der Waals surface area contributed by atoms with Gasteiger partial charge in [-0.25, -0.2) is 0 Å². The Morgan fingerprint density at radius 1 is 0.421 bits per heavy atom. The number of ether oxygens (including phenoxy) is 6. The summed E-state index contributed by atoms with van der Waals surface area (Å²) in [7, 11) is 0. The highest BCUT2D eigenvalue weighted by atomic mass is 16.7. The van der Waals surface area contributed by atoms with E-state index in [9.17, 15) is 40.5 Å². The lowest BCUT2D eigenvalue weighted by molar-refractivity contribution is -0.332. The van der Waals surface area contributed by atoms with Gasteiger partial charge in [0.05, 0.1) is 26.4 Å². The second-order valence-electron chi connectivity index (χ2n) is 22.6. The summed E-state index contributed by atoms with van der Waals surface area (Å²) in [6, 6.07) is 0. The Labute approximate surface area is 463 Å². The number of aliphatic hydroxyl groups is 7. The van der Waals surface area contributed by atoms with Gasteiger partial charge in [0.1, 0.15) is 54.9 Å². The summed E-state index contributed by atoms with van der Waals surface area (Å²) < 4.78 is 34.5. The molecule has 76 heavy (non-hydrogen) atoms. The summed E-state index contributed by atoms with van der Waals surface area (Å²) >= 11 is 0. The highest BCUT2D eigenvalue weighted by Crippen LogP contribution is 2.27. The molecule has 11 atom stereocenters. The number of hydrogen-bond donors (Lipinski definition) is 7. The molecule has 0 aromatic rings. The van der Waals surface area contributed by atoms with Gasteiger partial charge in [-0.05, 0) is 38.5 Å². The van der Waals surface area contributed by atoms with E-state index in [-0.39, 0.29) is 25.6 Å². The lowest BCUT2D eigenvalue weighted by Crippen LogP contribution is -2.61. The zero-order chi connectivity index (χ0) is 55.1. The van der Waals surface area contributed by atoms with Crippen LogP contribution in [0.25, 0.3) is 0 Å². The van der Waals surface area contributed by atoms with Gasteiger partial charge < -0.3 is 64.2 Å². The molecule has 2 aliphatic rings. The van der Waals surface area contributed by atoms with Crippen LogP contribution < -0.4 is 0 Å². The minimum Gasteiger partial charge on any atom is -0.457 e. The van der Waals surface area contributed by atoms with Crippen molar-refractivity contribution in [2.45, 2.75) is 345 Å². The Kier molecular flexibility index (Phi) is 46.2. The molecule has 0 spiro atoms. The van der Waals surface area contributed by atoms with Crippen molar-refractivity contribution < 1.29 is 69.0 Å². The first kappa shape index (κ1) is 70.8. The number of esters is 1. The lowest BCUT2D eigenvalue weighted by Gasteiger charge is -2.42. The fourth-order valence-electron chi connectivity index (χ4n) is 10.4. The third-order valence-corrected chi connectivity index (χ3v) is 15.5. The highest BCUT2D eigenvalue weighted by Gasteiger charge is 2.47. The van der Waals surface area contributed by atoms with Crippen LogP contribution >= 0.6 is 0 Å². The Bertz CT molecular complexity index is 1310. The number of aliphatic hydroxyl groups excluding tert-OH is 7. The van der Waals surface area contributed by atoms with Crippen molar-refractivity contribution in [3.8, 4) is 0 Å². The summed E-state index contributed by atoms with van der Waals surface area (Å²) in [6.07, 6.45) is 39.9. The minimum absolute atomic E-state index is 0.0683. The molecule has 2 saturated heterocycles. The van der Waals surface area contributed by atoms with Gasteiger partial charge in [-0.1, -0.05) is 244 Å². The van der Waals surface area contributed by atoms with E-state index in [1.807, 2.05) is 0 Å². The fourth-order valence-corrected chi connectivity index (χ4v) is 10.4. The van der Waals surface area contributed by atoms with E-state index in [0.717, 1.165) is 38.5 Å². The Morgan fingerprint density at radius 3 is 1.20 bits per heavy atom. The molecule has 0 amide bonds. The Balaban J connectivity index is 1.67. The predicted molar refractivity (Wildman–Crippen MR) is 303 cm³/mol. The van der Waals surface area contributed by atoms with Gasteiger partial charge >= 0.3 is 5.97 Å². The molecule has 7 N–H and O–H groups in total. The standard InChI is InChI=1S/C62H118O14/c1-3-5-7-9-11-13-15-17-19-21-23-24-25-26-27-29-31-33-35-37-39-41-43-45-54(64)74-51(48-71-46-44-42-40-38-36-34-32-30-28-22-20-18-16-14-12-10-8-6-4-2)49-72-61-60(70)58(68)56(66)53(76-61)50-73-62-59(69)57(67)55(65)52(47-63)75-62/h21,23,51-53,55-63,65-70H,3-20,22,24-50H2,1-2H3/b23-21-. The highest BCUT2D eigenvalue weighted by molar-refractivity contribution is 5.69. The maximum absolute atomic E-state index is 13.1. The molecule has 11 unspecified atom stereocenters. The first-order valence-corrected chi connectivity index (χ1v) is 31.8. The van der Waals surface area contributed by atoms with Crippen molar-refractivity contribution in [1.29, 1.82) is 0 Å². The fraction of sp³-hybridized carbons (Fsp3) is 0.952. The quantitative estimate of drug-likeness (QED) is 0.0172. The summed E-state index contributed by atoms with van der Waals surface area (Å²) in [4.78, 5) is 13.1. The van der Waals surface area contributed by atoms with Crippen LogP contribution in [-0.4, -0.2) is 142 Å². The van der Waals surface area contributed by atoms with Crippen molar-refractivity contribution >= 4 is 5.97 Å². The van der Waals surface area contributed by atoms with Gasteiger partial charge in [0, 0.05) is 13.0 Å². The molecule has 0 aromatic heterocycles. The van der Waals surface area contributed by atoms with Crippen LogP contribution in [0.4, 0.5) is 0 Å². The number of allylic oxidation sites excluding steroid dienone is 2. The molecule has 0 bridgehead atoms. The zero-order valence-electron chi connectivity index (χ0n) is 48.5. The van der Waals surface area contributed by atoms with E-state index < -0.39 is 80.7 Å². The van der Waals surface area contributed by atoms with E-state index in [0.29, 0.717) is 13.0 Å². The maximum Gasteiger partial charge on any atom is 0.306 e. The first-order valence-electron chi connectivity index (χ1n) is 31.8. The second kappa shape index (κ2) is 49.5. The van der Waals surface area contributed by atoms with Gasteiger partial charge in [0.2, 0.25) is 0 Å². The summed E-state index contributed by atoms with van der Waals surface area (Å²) in [5, 5.41) is 72.4. The number of hydrogen-bond acceptors (Lipinski definition) is 14. The number of carbonyl (C=O) groups excluding carboxylic acids is 1. The molecule has 450 valence electrons. The average molecular weight is 1090 g/mol. The molecule has 0 radical (unpaired) electrons. The topological polar surface area (TPSA) is 214 Å². The molecule has 2 heterocycles. The number of carbonyl (C=O) groups is 1. The third-order valence-electron chi connectivity index (χ3n) is 15.5. The van der Waals surface area contributed by atoms with Gasteiger partial charge in [0.25, 0.3) is 0 Å². The van der Waals surface area contributed by atoms with Crippen molar-refractivity contribution in [1.82, 2.24) is 0 Å². The van der Waals surface area contributed by atoms with E-state index in [2.05, 4.69) is 26.0 Å². The zero-order valence-corrected chi connectivity index (χ0v) is 48.5. The maximum atomic E-state index is 13.1. The van der Waals surface area contributed by atoms with E-state index in [1.54, 1.807) is 0 Å². The Morgan fingerprint density at radius 2 is 0.776 bits per heavy atom. The normalized spacial score (nSPS) is 24.4. The largest absolute Gasteiger partial charge is 0.457 e. The summed E-state index contributed by atoms with van der Waals surface area (Å²) in [6.45, 7) is 3.76. The minimum atomic E-state index is -1.70.